The molecule has 1 aliphatic heterocycles. The number of likely N-dealkylation sites (tertiary alicyclic amines) is 1. The predicted octanol–water partition coefficient (Wildman–Crippen LogP) is 1.33. The molecule has 0 aromatic carbocycles. The van der Waals surface area contributed by atoms with Crippen LogP contribution in [-0.4, -0.2) is 53.5 Å². The first-order valence-electron chi connectivity index (χ1n) is 5.91. The lowest BCUT2D eigenvalue weighted by molar-refractivity contribution is -0.272. The molecule has 0 radical (unpaired) electrons. The van der Waals surface area contributed by atoms with E-state index in [4.69, 9.17) is 4.74 Å². The molecular weight excluding hydrogens is 251 g/mol. The smallest absolute Gasteiger partial charge is 0.380 e. The molecule has 0 aromatic rings. The Labute approximate surface area is 104 Å². The van der Waals surface area contributed by atoms with Gasteiger partial charge < -0.3 is 14.7 Å². The summed E-state index contributed by atoms with van der Waals surface area (Å²) in [5.74, 6) is -0.332. The Morgan fingerprint density at radius 3 is 2.33 bits per heavy atom. The Hall–Kier alpha value is -0.820. The van der Waals surface area contributed by atoms with Gasteiger partial charge >= 0.3 is 6.18 Å². The van der Waals surface area contributed by atoms with Crippen LogP contribution in [0.25, 0.3) is 0 Å². The number of hydrogen-bond acceptors (Lipinski definition) is 3. The Balaban J connectivity index is 2.56. The molecule has 1 amide bonds. The molecule has 1 N–H and O–H groups in total. The largest absolute Gasteiger partial charge is 0.417 e. The summed E-state index contributed by atoms with van der Waals surface area (Å²) in [4.78, 5) is 13.1. The first-order valence-corrected chi connectivity index (χ1v) is 5.91. The molecule has 0 aromatic heterocycles. The van der Waals surface area contributed by atoms with Crippen molar-refractivity contribution in [3.8, 4) is 0 Å². The van der Waals surface area contributed by atoms with E-state index in [1.807, 2.05) is 0 Å². The zero-order valence-corrected chi connectivity index (χ0v) is 10.5. The first kappa shape index (κ1) is 15.2. The number of ether oxygens (including phenoxy) is 1. The minimum Gasteiger partial charge on any atom is -0.380 e. The number of amides is 1. The highest BCUT2D eigenvalue weighted by Gasteiger charge is 2.55. The van der Waals surface area contributed by atoms with Crippen LogP contribution in [0.4, 0.5) is 13.2 Å². The van der Waals surface area contributed by atoms with Crippen LogP contribution in [0.5, 0.6) is 0 Å². The van der Waals surface area contributed by atoms with Crippen molar-refractivity contribution in [1.82, 2.24) is 4.90 Å². The van der Waals surface area contributed by atoms with Crippen LogP contribution in [0.1, 0.15) is 26.7 Å². The number of piperidine rings is 1. The molecule has 1 saturated heterocycles. The molecule has 18 heavy (non-hydrogen) atoms. The molecular formula is C11H18F3NO3. The number of carbonyl (C=O) groups is 1. The molecule has 1 rings (SSSR count). The second-order valence-electron chi connectivity index (χ2n) is 4.45. The van der Waals surface area contributed by atoms with Gasteiger partial charge in [-0.05, 0) is 13.8 Å². The normalized spacial score (nSPS) is 21.8. The average Bonchev–Trinajstić information content (AvgIpc) is 2.28. The maximum atomic E-state index is 12.6. The minimum atomic E-state index is -4.65. The quantitative estimate of drug-likeness (QED) is 0.841. The molecule has 7 heteroatoms. The summed E-state index contributed by atoms with van der Waals surface area (Å²) in [6.07, 6.45) is -6.28. The van der Waals surface area contributed by atoms with Crippen LogP contribution in [-0.2, 0) is 9.53 Å². The van der Waals surface area contributed by atoms with E-state index in [9.17, 15) is 23.1 Å². The van der Waals surface area contributed by atoms with Gasteiger partial charge in [-0.25, -0.2) is 0 Å². The molecule has 0 aliphatic carbocycles. The molecule has 1 unspecified atom stereocenters. The zero-order valence-electron chi connectivity index (χ0n) is 10.5. The Morgan fingerprint density at radius 2 is 1.94 bits per heavy atom. The molecule has 4 nitrogen and oxygen atoms in total. The molecule has 0 spiro atoms. The standard InChI is InChI=1S/C11H18F3NO3/c1-3-18-8(2)9(16)15-6-4-10(17,5-7-15)11(12,13)14/h8,17H,3-7H2,1-2H3. The maximum Gasteiger partial charge on any atom is 0.417 e. The van der Waals surface area contributed by atoms with Crippen molar-refractivity contribution >= 4 is 5.91 Å². The van der Waals surface area contributed by atoms with Gasteiger partial charge in [-0.3, -0.25) is 4.79 Å². The van der Waals surface area contributed by atoms with Gasteiger partial charge in [0.2, 0.25) is 0 Å². The molecule has 106 valence electrons. The van der Waals surface area contributed by atoms with Gasteiger partial charge in [0, 0.05) is 32.5 Å². The summed E-state index contributed by atoms with van der Waals surface area (Å²) in [6.45, 7) is 3.46. The first-order chi connectivity index (χ1) is 8.21. The highest BCUT2D eigenvalue weighted by Crippen LogP contribution is 2.38. The number of rotatable bonds is 3. The fourth-order valence-corrected chi connectivity index (χ4v) is 1.96. The van der Waals surface area contributed by atoms with E-state index in [-0.39, 0.29) is 19.0 Å². The molecule has 0 saturated carbocycles. The lowest BCUT2D eigenvalue weighted by Crippen LogP contribution is -2.55. The Morgan fingerprint density at radius 1 is 1.44 bits per heavy atom. The van der Waals surface area contributed by atoms with Crippen LogP contribution in [0, 0.1) is 0 Å². The number of nitrogens with zero attached hydrogens (tertiary/aromatic N) is 1. The van der Waals surface area contributed by atoms with Crippen LogP contribution in [0.3, 0.4) is 0 Å². The van der Waals surface area contributed by atoms with Crippen LogP contribution in [0.15, 0.2) is 0 Å². The summed E-state index contributed by atoms with van der Waals surface area (Å²) in [7, 11) is 0. The third-order valence-electron chi connectivity index (χ3n) is 3.19. The van der Waals surface area contributed by atoms with Crippen molar-refractivity contribution in [3.63, 3.8) is 0 Å². The third kappa shape index (κ3) is 3.14. The SMILES string of the molecule is CCOC(C)C(=O)N1CCC(O)(C(F)(F)F)CC1. The lowest BCUT2D eigenvalue weighted by atomic mass is 9.90. The van der Waals surface area contributed by atoms with Crippen molar-refractivity contribution in [3.05, 3.63) is 0 Å². The lowest BCUT2D eigenvalue weighted by Gasteiger charge is -2.39. The number of halogens is 3. The maximum absolute atomic E-state index is 12.6. The predicted molar refractivity (Wildman–Crippen MR) is 57.9 cm³/mol. The van der Waals surface area contributed by atoms with Gasteiger partial charge in [0.15, 0.2) is 5.60 Å². The van der Waals surface area contributed by atoms with E-state index in [1.54, 1.807) is 13.8 Å². The molecule has 0 bridgehead atoms. The summed E-state index contributed by atoms with van der Waals surface area (Å²) < 4.78 is 42.8. The number of alkyl halides is 3. The van der Waals surface area contributed by atoms with E-state index >= 15 is 0 Å². The highest BCUT2D eigenvalue weighted by atomic mass is 19.4. The Bertz CT molecular complexity index is 298. The third-order valence-corrected chi connectivity index (χ3v) is 3.19. The van der Waals surface area contributed by atoms with Crippen molar-refractivity contribution in [2.75, 3.05) is 19.7 Å². The van der Waals surface area contributed by atoms with E-state index in [1.165, 1.54) is 4.90 Å². The summed E-state index contributed by atoms with van der Waals surface area (Å²) in [5.41, 5.74) is -2.67. The second-order valence-corrected chi connectivity index (χ2v) is 4.45. The average molecular weight is 269 g/mol. The van der Waals surface area contributed by atoms with E-state index < -0.39 is 30.7 Å². The van der Waals surface area contributed by atoms with Gasteiger partial charge in [-0.1, -0.05) is 0 Å². The second kappa shape index (κ2) is 5.44. The molecule has 1 aliphatic rings. The van der Waals surface area contributed by atoms with Crippen molar-refractivity contribution in [1.29, 1.82) is 0 Å². The Kier molecular flexibility index (Phi) is 4.61. The van der Waals surface area contributed by atoms with Gasteiger partial charge in [-0.15, -0.1) is 0 Å². The van der Waals surface area contributed by atoms with E-state index in [0.29, 0.717) is 6.61 Å². The fraction of sp³-hybridized carbons (Fsp3) is 0.909. The zero-order chi connectivity index (χ0) is 14.0. The number of aliphatic hydroxyl groups is 1. The molecule has 1 atom stereocenters. The van der Waals surface area contributed by atoms with Crippen LogP contribution < -0.4 is 0 Å². The van der Waals surface area contributed by atoms with Crippen molar-refractivity contribution in [2.24, 2.45) is 0 Å². The van der Waals surface area contributed by atoms with Gasteiger partial charge in [-0.2, -0.15) is 13.2 Å². The summed E-state index contributed by atoms with van der Waals surface area (Å²) in [6, 6.07) is 0. The number of hydrogen-bond donors (Lipinski definition) is 1. The van der Waals surface area contributed by atoms with Crippen molar-refractivity contribution in [2.45, 2.75) is 44.6 Å². The number of carbonyl (C=O) groups excluding carboxylic acids is 1. The van der Waals surface area contributed by atoms with Crippen LogP contribution in [0.2, 0.25) is 0 Å². The van der Waals surface area contributed by atoms with Crippen LogP contribution >= 0.6 is 0 Å². The highest BCUT2D eigenvalue weighted by molar-refractivity contribution is 5.80. The summed E-state index contributed by atoms with van der Waals surface area (Å²) >= 11 is 0. The topological polar surface area (TPSA) is 49.8 Å². The van der Waals surface area contributed by atoms with Crippen molar-refractivity contribution < 1.29 is 27.8 Å². The van der Waals surface area contributed by atoms with Gasteiger partial charge in [0.1, 0.15) is 6.10 Å². The molecule has 1 heterocycles. The minimum absolute atomic E-state index is 0.105. The molecule has 1 fully saturated rings. The fourth-order valence-electron chi connectivity index (χ4n) is 1.96. The van der Waals surface area contributed by atoms with Gasteiger partial charge in [0.25, 0.3) is 5.91 Å². The van der Waals surface area contributed by atoms with Gasteiger partial charge in [0.05, 0.1) is 0 Å². The summed E-state index contributed by atoms with van der Waals surface area (Å²) in [5, 5.41) is 9.46. The van der Waals surface area contributed by atoms with E-state index in [2.05, 4.69) is 0 Å². The van der Waals surface area contributed by atoms with E-state index in [0.717, 1.165) is 0 Å². The monoisotopic (exact) mass is 269 g/mol.